The van der Waals surface area contributed by atoms with E-state index in [-0.39, 0.29) is 48.2 Å². The van der Waals surface area contributed by atoms with Crippen molar-refractivity contribution >= 4 is 51.4 Å². The van der Waals surface area contributed by atoms with Gasteiger partial charge >= 0.3 is 0 Å². The van der Waals surface area contributed by atoms with Crippen LogP contribution in [0.5, 0.6) is 0 Å². The number of para-hydroxylation sites is 1. The summed E-state index contributed by atoms with van der Waals surface area (Å²) < 4.78 is 22.3. The van der Waals surface area contributed by atoms with E-state index < -0.39 is 9.84 Å². The zero-order valence-corrected chi connectivity index (χ0v) is 16.9. The Morgan fingerprint density at radius 3 is 2.58 bits per heavy atom. The van der Waals surface area contributed by atoms with Crippen LogP contribution in [0.1, 0.15) is 6.42 Å². The van der Waals surface area contributed by atoms with Gasteiger partial charge in [0.05, 0.1) is 11.8 Å². The largest absolute Gasteiger partial charge is 0.355 e. The molecule has 1 heterocycles. The summed E-state index contributed by atoms with van der Waals surface area (Å²) in [5.74, 6) is 0.592. The van der Waals surface area contributed by atoms with Crippen LogP contribution in [-0.4, -0.2) is 58.5 Å². The number of halogens is 1. The number of amides is 1. The highest BCUT2D eigenvalue weighted by molar-refractivity contribution is 14.0. The number of guanidine groups is 1. The highest BCUT2D eigenvalue weighted by Crippen LogP contribution is 2.20. The topological polar surface area (TPSA) is 90.9 Å². The molecule has 1 saturated heterocycles. The van der Waals surface area contributed by atoms with E-state index in [0.717, 1.165) is 5.69 Å². The zero-order valence-electron chi connectivity index (χ0n) is 13.7. The molecule has 24 heavy (non-hydrogen) atoms. The molecule has 1 aromatic rings. The number of nitrogens with one attached hydrogen (secondary N) is 2. The fourth-order valence-corrected chi connectivity index (χ4v) is 2.88. The Balaban J connectivity index is 0.00000288. The maximum absolute atomic E-state index is 12.1. The van der Waals surface area contributed by atoms with Gasteiger partial charge in [0, 0.05) is 38.5 Å². The Kier molecular flexibility index (Phi) is 7.94. The molecule has 1 aliphatic heterocycles. The molecular weight excluding hydrogens is 443 g/mol. The molecule has 9 heteroatoms. The molecule has 0 aromatic heterocycles. The first-order valence-corrected chi connectivity index (χ1v) is 9.45. The third-order valence-electron chi connectivity index (χ3n) is 3.52. The van der Waals surface area contributed by atoms with Gasteiger partial charge in [-0.15, -0.1) is 24.0 Å². The van der Waals surface area contributed by atoms with Crippen LogP contribution in [0.25, 0.3) is 0 Å². The highest BCUT2D eigenvalue weighted by Gasteiger charge is 2.30. The molecule has 1 unspecified atom stereocenters. The summed E-state index contributed by atoms with van der Waals surface area (Å²) in [5, 5.41) is 6.12. The molecule has 2 rings (SSSR count). The minimum atomic E-state index is -3.02. The maximum atomic E-state index is 12.1. The van der Waals surface area contributed by atoms with E-state index in [1.54, 1.807) is 11.9 Å². The molecule has 0 radical (unpaired) electrons. The minimum Gasteiger partial charge on any atom is -0.355 e. The van der Waals surface area contributed by atoms with E-state index in [1.807, 2.05) is 30.3 Å². The standard InChI is InChI=1S/C15H22N4O3S.HI/c1-16-15(17-8-9-23(2,21)22)18-12-10-14(20)19(11-12)13-6-4-3-5-7-13;/h3-7,12H,8-11H2,1-2H3,(H2,16,17,18);1H. The van der Waals surface area contributed by atoms with Gasteiger partial charge in [-0.1, -0.05) is 18.2 Å². The smallest absolute Gasteiger partial charge is 0.229 e. The maximum Gasteiger partial charge on any atom is 0.229 e. The molecule has 134 valence electrons. The van der Waals surface area contributed by atoms with Crippen LogP contribution in [-0.2, 0) is 14.6 Å². The summed E-state index contributed by atoms with van der Waals surface area (Å²) in [6.45, 7) is 0.831. The number of carbonyl (C=O) groups is 1. The zero-order chi connectivity index (χ0) is 16.9. The Hall–Kier alpha value is -1.36. The van der Waals surface area contributed by atoms with Crippen molar-refractivity contribution in [3.05, 3.63) is 30.3 Å². The molecule has 0 aliphatic carbocycles. The Bertz CT molecular complexity index is 679. The van der Waals surface area contributed by atoms with Gasteiger partial charge in [-0.2, -0.15) is 0 Å². The average Bonchev–Trinajstić information content (AvgIpc) is 2.86. The molecular formula is C15H23IN4O3S. The number of rotatable bonds is 5. The second-order valence-electron chi connectivity index (χ2n) is 5.51. The molecule has 7 nitrogen and oxygen atoms in total. The van der Waals surface area contributed by atoms with Gasteiger partial charge in [-0.05, 0) is 12.1 Å². The summed E-state index contributed by atoms with van der Waals surface area (Å²) in [7, 11) is -1.40. The molecule has 1 amide bonds. The summed E-state index contributed by atoms with van der Waals surface area (Å²) in [4.78, 5) is 17.9. The SMILES string of the molecule is CN=C(NCCS(C)(=O)=O)NC1CC(=O)N(c2ccccc2)C1.I. The average molecular weight is 466 g/mol. The van der Waals surface area contributed by atoms with Gasteiger partial charge in [0.1, 0.15) is 9.84 Å². The number of aliphatic imine (C=N–C) groups is 1. The van der Waals surface area contributed by atoms with Crippen molar-refractivity contribution in [1.29, 1.82) is 0 Å². The number of carbonyl (C=O) groups excluding carboxylic acids is 1. The van der Waals surface area contributed by atoms with E-state index in [9.17, 15) is 13.2 Å². The number of hydrogen-bond donors (Lipinski definition) is 2. The van der Waals surface area contributed by atoms with Crippen molar-refractivity contribution in [1.82, 2.24) is 10.6 Å². The summed E-state index contributed by atoms with van der Waals surface area (Å²) in [6, 6.07) is 9.45. The number of anilines is 1. The van der Waals surface area contributed by atoms with Gasteiger partial charge in [0.25, 0.3) is 0 Å². The lowest BCUT2D eigenvalue weighted by Gasteiger charge is -2.18. The molecule has 0 saturated carbocycles. The third kappa shape index (κ3) is 6.27. The molecule has 0 bridgehead atoms. The molecule has 0 spiro atoms. The third-order valence-corrected chi connectivity index (χ3v) is 4.47. The fraction of sp³-hybridized carbons (Fsp3) is 0.467. The van der Waals surface area contributed by atoms with Crippen LogP contribution < -0.4 is 15.5 Å². The first-order valence-electron chi connectivity index (χ1n) is 7.39. The van der Waals surface area contributed by atoms with E-state index in [4.69, 9.17) is 0 Å². The fourth-order valence-electron chi connectivity index (χ4n) is 2.40. The molecule has 1 atom stereocenters. The number of nitrogens with zero attached hydrogens (tertiary/aromatic N) is 2. The van der Waals surface area contributed by atoms with Crippen molar-refractivity contribution in [2.24, 2.45) is 4.99 Å². The van der Waals surface area contributed by atoms with E-state index in [2.05, 4.69) is 15.6 Å². The van der Waals surface area contributed by atoms with Gasteiger partial charge in [-0.3, -0.25) is 9.79 Å². The molecule has 1 aromatic carbocycles. The van der Waals surface area contributed by atoms with Gasteiger partial charge in [-0.25, -0.2) is 8.42 Å². The number of sulfone groups is 1. The first-order chi connectivity index (χ1) is 10.9. The van der Waals surface area contributed by atoms with Crippen LogP contribution in [0.15, 0.2) is 35.3 Å². The predicted molar refractivity (Wildman–Crippen MR) is 107 cm³/mol. The molecule has 2 N–H and O–H groups in total. The Morgan fingerprint density at radius 2 is 2.00 bits per heavy atom. The van der Waals surface area contributed by atoms with Gasteiger partial charge < -0.3 is 15.5 Å². The van der Waals surface area contributed by atoms with Crippen molar-refractivity contribution in [2.45, 2.75) is 12.5 Å². The lowest BCUT2D eigenvalue weighted by Crippen LogP contribution is -2.45. The van der Waals surface area contributed by atoms with Crippen LogP contribution in [0.3, 0.4) is 0 Å². The number of benzene rings is 1. The molecule has 1 fully saturated rings. The number of hydrogen-bond acceptors (Lipinski definition) is 4. The van der Waals surface area contributed by atoms with E-state index in [1.165, 1.54) is 6.26 Å². The predicted octanol–water partition coefficient (Wildman–Crippen LogP) is 0.620. The lowest BCUT2D eigenvalue weighted by atomic mass is 10.2. The van der Waals surface area contributed by atoms with Crippen molar-refractivity contribution in [3.8, 4) is 0 Å². The monoisotopic (exact) mass is 466 g/mol. The second kappa shape index (κ2) is 9.21. The lowest BCUT2D eigenvalue weighted by molar-refractivity contribution is -0.117. The van der Waals surface area contributed by atoms with Gasteiger partial charge in [0.15, 0.2) is 5.96 Å². The van der Waals surface area contributed by atoms with Gasteiger partial charge in [0.2, 0.25) is 5.91 Å². The Labute approximate surface area is 159 Å². The highest BCUT2D eigenvalue weighted by atomic mass is 127. The second-order valence-corrected chi connectivity index (χ2v) is 7.77. The first kappa shape index (κ1) is 20.7. The van der Waals surface area contributed by atoms with Crippen molar-refractivity contribution in [2.75, 3.05) is 37.0 Å². The minimum absolute atomic E-state index is 0. The van der Waals surface area contributed by atoms with Crippen LogP contribution in [0.4, 0.5) is 5.69 Å². The van der Waals surface area contributed by atoms with E-state index >= 15 is 0 Å². The van der Waals surface area contributed by atoms with Crippen molar-refractivity contribution in [3.63, 3.8) is 0 Å². The van der Waals surface area contributed by atoms with Crippen molar-refractivity contribution < 1.29 is 13.2 Å². The van der Waals surface area contributed by atoms with Crippen LogP contribution in [0, 0.1) is 0 Å². The van der Waals surface area contributed by atoms with Crippen LogP contribution in [0.2, 0.25) is 0 Å². The van der Waals surface area contributed by atoms with Crippen LogP contribution >= 0.6 is 24.0 Å². The quantitative estimate of drug-likeness (QED) is 0.377. The summed E-state index contributed by atoms with van der Waals surface area (Å²) in [6.07, 6.45) is 1.57. The normalized spacial score (nSPS) is 18.2. The Morgan fingerprint density at radius 1 is 1.33 bits per heavy atom. The summed E-state index contributed by atoms with van der Waals surface area (Å²) >= 11 is 0. The van der Waals surface area contributed by atoms with E-state index in [0.29, 0.717) is 18.9 Å². The molecule has 1 aliphatic rings. The summed E-state index contributed by atoms with van der Waals surface area (Å²) in [5.41, 5.74) is 0.877.